The molecule has 1 heterocycles. The predicted molar refractivity (Wildman–Crippen MR) is 90.0 cm³/mol. The highest BCUT2D eigenvalue weighted by Crippen LogP contribution is 2.03. The smallest absolute Gasteiger partial charge is 0.328 e. The van der Waals surface area contributed by atoms with Crippen molar-refractivity contribution in [1.29, 1.82) is 0 Å². The molecule has 2 aromatic rings. The van der Waals surface area contributed by atoms with Crippen LogP contribution < -0.4 is 16.6 Å². The number of carbonyl (C=O) groups is 2. The van der Waals surface area contributed by atoms with Gasteiger partial charge in [0.05, 0.1) is 0 Å². The number of ether oxygens (including phenoxy) is 1. The van der Waals surface area contributed by atoms with Gasteiger partial charge in [-0.1, -0.05) is 12.1 Å². The minimum Gasteiger partial charge on any atom is -0.451 e. The molecule has 8 nitrogen and oxygen atoms in total. The summed E-state index contributed by atoms with van der Waals surface area (Å²) < 4.78 is 18.7. The summed E-state index contributed by atoms with van der Waals surface area (Å²) in [5.41, 5.74) is -0.465. The lowest BCUT2D eigenvalue weighted by molar-refractivity contribution is -0.155. The Morgan fingerprint density at radius 2 is 1.92 bits per heavy atom. The number of nitrogens with one attached hydrogen (secondary N) is 2. The van der Waals surface area contributed by atoms with Gasteiger partial charge in [0.2, 0.25) is 0 Å². The molecule has 138 valence electrons. The number of esters is 1. The third-order valence-electron chi connectivity index (χ3n) is 3.50. The SMILES string of the molecule is C[C@@H](OC(=O)Cn1ccc(=O)[nH]c1=O)C(=O)NCCc1ccc(F)cc1. The lowest BCUT2D eigenvalue weighted by Gasteiger charge is -2.14. The highest BCUT2D eigenvalue weighted by atomic mass is 19.1. The highest BCUT2D eigenvalue weighted by Gasteiger charge is 2.18. The third kappa shape index (κ3) is 5.69. The maximum absolute atomic E-state index is 12.8. The molecule has 1 amide bonds. The van der Waals surface area contributed by atoms with E-state index in [1.165, 1.54) is 19.1 Å². The van der Waals surface area contributed by atoms with Crippen molar-refractivity contribution >= 4 is 11.9 Å². The number of carbonyl (C=O) groups excluding carboxylic acids is 2. The van der Waals surface area contributed by atoms with Crippen molar-refractivity contribution < 1.29 is 18.7 Å². The lowest BCUT2D eigenvalue weighted by atomic mass is 10.1. The van der Waals surface area contributed by atoms with Crippen LogP contribution in [0.15, 0.2) is 46.1 Å². The minimum absolute atomic E-state index is 0.297. The van der Waals surface area contributed by atoms with Crippen molar-refractivity contribution in [3.63, 3.8) is 0 Å². The van der Waals surface area contributed by atoms with E-state index >= 15 is 0 Å². The molecule has 0 aliphatic rings. The number of amides is 1. The van der Waals surface area contributed by atoms with Crippen molar-refractivity contribution in [1.82, 2.24) is 14.9 Å². The Bertz CT molecular complexity index is 888. The zero-order valence-corrected chi connectivity index (χ0v) is 14.0. The molecule has 2 rings (SSSR count). The van der Waals surface area contributed by atoms with E-state index in [2.05, 4.69) is 5.32 Å². The van der Waals surface area contributed by atoms with Crippen LogP contribution in [0, 0.1) is 5.82 Å². The third-order valence-corrected chi connectivity index (χ3v) is 3.50. The molecule has 0 saturated heterocycles. The monoisotopic (exact) mass is 363 g/mol. The molecule has 1 aromatic carbocycles. The number of hydrogen-bond donors (Lipinski definition) is 2. The van der Waals surface area contributed by atoms with Gasteiger partial charge in [-0.2, -0.15) is 0 Å². The van der Waals surface area contributed by atoms with Crippen molar-refractivity contribution in [2.75, 3.05) is 6.54 Å². The van der Waals surface area contributed by atoms with Crippen molar-refractivity contribution in [3.05, 3.63) is 68.7 Å². The van der Waals surface area contributed by atoms with Gasteiger partial charge in [0.1, 0.15) is 12.4 Å². The molecular formula is C17H18FN3O5. The quantitative estimate of drug-likeness (QED) is 0.671. The fourth-order valence-corrected chi connectivity index (χ4v) is 2.12. The molecule has 1 aromatic heterocycles. The highest BCUT2D eigenvalue weighted by molar-refractivity contribution is 5.83. The fraction of sp³-hybridized carbons (Fsp3) is 0.294. The number of rotatable bonds is 7. The van der Waals surface area contributed by atoms with Crippen LogP contribution in [-0.2, 0) is 27.3 Å². The second kappa shape index (κ2) is 8.75. The fourth-order valence-electron chi connectivity index (χ4n) is 2.12. The summed E-state index contributed by atoms with van der Waals surface area (Å²) in [6.45, 7) is 1.27. The molecule has 9 heteroatoms. The molecule has 26 heavy (non-hydrogen) atoms. The molecule has 0 spiro atoms. The largest absolute Gasteiger partial charge is 0.451 e. The molecule has 0 fully saturated rings. The van der Waals surface area contributed by atoms with Crippen molar-refractivity contribution in [2.45, 2.75) is 26.0 Å². The molecule has 2 N–H and O–H groups in total. The number of hydrogen-bond acceptors (Lipinski definition) is 5. The van der Waals surface area contributed by atoms with Gasteiger partial charge < -0.3 is 10.1 Å². The van der Waals surface area contributed by atoms with Crippen LogP contribution in [0.25, 0.3) is 0 Å². The Morgan fingerprint density at radius 1 is 1.23 bits per heavy atom. The summed E-state index contributed by atoms with van der Waals surface area (Å²) in [5, 5.41) is 2.61. The predicted octanol–water partition coefficient (Wildman–Crippen LogP) is -0.0337. The summed E-state index contributed by atoms with van der Waals surface area (Å²) in [6.07, 6.45) is 0.615. The number of benzene rings is 1. The van der Waals surface area contributed by atoms with Crippen LogP contribution in [0.3, 0.4) is 0 Å². The van der Waals surface area contributed by atoms with Gasteiger partial charge in [-0.05, 0) is 31.0 Å². The van der Waals surface area contributed by atoms with Crippen LogP contribution in [0.1, 0.15) is 12.5 Å². The molecule has 0 saturated carbocycles. The summed E-state index contributed by atoms with van der Waals surface area (Å²) in [5.74, 6) is -1.62. The topological polar surface area (TPSA) is 110 Å². The van der Waals surface area contributed by atoms with Gasteiger partial charge in [-0.3, -0.25) is 23.9 Å². The molecule has 0 bridgehead atoms. The summed E-state index contributed by atoms with van der Waals surface area (Å²) in [4.78, 5) is 48.2. The zero-order chi connectivity index (χ0) is 19.1. The number of H-pyrrole nitrogens is 1. The average molecular weight is 363 g/mol. The summed E-state index contributed by atoms with van der Waals surface area (Å²) in [6, 6.07) is 7.00. The number of aromatic amines is 1. The molecule has 0 unspecified atom stereocenters. The minimum atomic E-state index is -1.05. The number of nitrogens with zero attached hydrogens (tertiary/aromatic N) is 1. The van der Waals surface area contributed by atoms with Gasteiger partial charge in [0, 0.05) is 18.8 Å². The first-order valence-corrected chi connectivity index (χ1v) is 7.86. The van der Waals surface area contributed by atoms with Crippen LogP contribution in [0.4, 0.5) is 4.39 Å². The second-order valence-corrected chi connectivity index (χ2v) is 5.54. The normalized spacial score (nSPS) is 11.6. The van der Waals surface area contributed by atoms with Crippen LogP contribution in [0.5, 0.6) is 0 Å². The van der Waals surface area contributed by atoms with E-state index < -0.39 is 35.8 Å². The maximum Gasteiger partial charge on any atom is 0.328 e. The van der Waals surface area contributed by atoms with Gasteiger partial charge in [0.15, 0.2) is 6.10 Å². The Labute approximate surface area is 147 Å². The molecule has 0 aliphatic carbocycles. The van der Waals surface area contributed by atoms with E-state index in [1.54, 1.807) is 12.1 Å². The van der Waals surface area contributed by atoms with Crippen molar-refractivity contribution in [2.24, 2.45) is 0 Å². The van der Waals surface area contributed by atoms with Crippen LogP contribution in [-0.4, -0.2) is 34.1 Å². The maximum atomic E-state index is 12.8. The molecule has 0 aliphatic heterocycles. The first kappa shape index (κ1) is 19.1. The van der Waals surface area contributed by atoms with Crippen LogP contribution in [0.2, 0.25) is 0 Å². The first-order valence-electron chi connectivity index (χ1n) is 7.86. The summed E-state index contributed by atoms with van der Waals surface area (Å²) in [7, 11) is 0. The molecular weight excluding hydrogens is 345 g/mol. The van der Waals surface area contributed by atoms with Crippen LogP contribution >= 0.6 is 0 Å². The van der Waals surface area contributed by atoms with Gasteiger partial charge in [-0.25, -0.2) is 9.18 Å². The first-order chi connectivity index (χ1) is 12.3. The van der Waals surface area contributed by atoms with E-state index in [1.807, 2.05) is 4.98 Å². The van der Waals surface area contributed by atoms with E-state index in [0.717, 1.165) is 22.4 Å². The second-order valence-electron chi connectivity index (χ2n) is 5.54. The summed E-state index contributed by atoms with van der Waals surface area (Å²) >= 11 is 0. The Balaban J connectivity index is 1.78. The van der Waals surface area contributed by atoms with E-state index in [4.69, 9.17) is 4.74 Å². The van der Waals surface area contributed by atoms with E-state index in [0.29, 0.717) is 13.0 Å². The molecule has 1 atom stereocenters. The number of halogens is 1. The van der Waals surface area contributed by atoms with Gasteiger partial charge in [-0.15, -0.1) is 0 Å². The van der Waals surface area contributed by atoms with E-state index in [9.17, 15) is 23.6 Å². The van der Waals surface area contributed by atoms with Gasteiger partial charge in [0.25, 0.3) is 11.5 Å². The Hall–Kier alpha value is -3.23. The Kier molecular flexibility index (Phi) is 6.42. The van der Waals surface area contributed by atoms with E-state index in [-0.39, 0.29) is 5.82 Å². The zero-order valence-electron chi connectivity index (χ0n) is 14.0. The lowest BCUT2D eigenvalue weighted by Crippen LogP contribution is -2.38. The molecule has 0 radical (unpaired) electrons. The average Bonchev–Trinajstić information content (AvgIpc) is 2.59. The van der Waals surface area contributed by atoms with Crippen molar-refractivity contribution in [3.8, 4) is 0 Å². The standard InChI is InChI=1S/C17H18FN3O5/c1-11(16(24)19-8-6-12-2-4-13(18)5-3-12)26-15(23)10-21-9-7-14(22)20-17(21)25/h2-5,7,9,11H,6,8,10H2,1H3,(H,19,24)(H,20,22,25)/t11-/m1/s1. The number of aromatic nitrogens is 2. The van der Waals surface area contributed by atoms with Gasteiger partial charge >= 0.3 is 11.7 Å². The Morgan fingerprint density at radius 3 is 2.58 bits per heavy atom.